The molecule has 0 aliphatic carbocycles. The van der Waals surface area contributed by atoms with E-state index in [0.29, 0.717) is 39.0 Å². The van der Waals surface area contributed by atoms with E-state index in [1.807, 2.05) is 23.1 Å². The van der Waals surface area contributed by atoms with Crippen LogP contribution >= 0.6 is 0 Å². The number of nitrogens with zero attached hydrogens (tertiary/aromatic N) is 3. The number of likely N-dealkylation sites (tertiary alicyclic amines) is 1. The van der Waals surface area contributed by atoms with Gasteiger partial charge in [0.1, 0.15) is 11.5 Å². The molecular weight excluding hydrogens is 380 g/mol. The number of aromatic nitrogens is 1. The molecule has 2 aliphatic rings. The highest BCUT2D eigenvalue weighted by molar-refractivity contribution is 5.80. The Hall–Kier alpha value is -2.67. The summed E-state index contributed by atoms with van der Waals surface area (Å²) in [7, 11) is 0. The molecule has 0 spiro atoms. The first kappa shape index (κ1) is 20.6. The summed E-state index contributed by atoms with van der Waals surface area (Å²) < 4.78 is 5.97. The van der Waals surface area contributed by atoms with Crippen molar-refractivity contribution in [3.05, 3.63) is 53.2 Å². The normalized spacial score (nSPS) is 21.8. The van der Waals surface area contributed by atoms with Crippen molar-refractivity contribution in [2.45, 2.75) is 51.6 Å². The number of fused-ring (bicyclic) bond motifs is 1. The fraction of sp³-hybridized carbons (Fsp3) is 0.522. The third-order valence-electron chi connectivity index (χ3n) is 6.13. The van der Waals surface area contributed by atoms with E-state index in [4.69, 9.17) is 10.2 Å². The molecule has 2 amide bonds. The Morgan fingerprint density at radius 2 is 1.93 bits per heavy atom. The third kappa shape index (κ3) is 4.73. The van der Waals surface area contributed by atoms with Crippen LogP contribution in [0.15, 0.2) is 34.7 Å². The molecule has 0 saturated carbocycles. The maximum Gasteiger partial charge on any atom is 0.227 e. The predicted molar refractivity (Wildman–Crippen MR) is 112 cm³/mol. The van der Waals surface area contributed by atoms with Gasteiger partial charge in [-0.2, -0.15) is 0 Å². The molecule has 1 saturated heterocycles. The van der Waals surface area contributed by atoms with Gasteiger partial charge in [-0.25, -0.2) is 4.98 Å². The van der Waals surface area contributed by atoms with Crippen molar-refractivity contribution in [2.24, 2.45) is 11.7 Å². The Kier molecular flexibility index (Phi) is 6.18. The summed E-state index contributed by atoms with van der Waals surface area (Å²) in [5.74, 6) is 1.51. The van der Waals surface area contributed by atoms with Gasteiger partial charge in [-0.1, -0.05) is 30.3 Å². The van der Waals surface area contributed by atoms with Crippen molar-refractivity contribution < 1.29 is 14.0 Å². The van der Waals surface area contributed by atoms with Gasteiger partial charge in [-0.3, -0.25) is 9.59 Å². The lowest BCUT2D eigenvalue weighted by atomic mass is 9.99. The first-order valence-electron chi connectivity index (χ1n) is 10.8. The van der Waals surface area contributed by atoms with Crippen molar-refractivity contribution in [2.75, 3.05) is 19.6 Å². The number of hydrogen-bond donors (Lipinski definition) is 1. The largest absolute Gasteiger partial charge is 0.445 e. The molecule has 7 nitrogen and oxygen atoms in total. The van der Waals surface area contributed by atoms with Crippen LogP contribution in [0.2, 0.25) is 0 Å². The van der Waals surface area contributed by atoms with Crippen LogP contribution in [0.3, 0.4) is 0 Å². The topological polar surface area (TPSA) is 92.7 Å². The highest BCUT2D eigenvalue weighted by Crippen LogP contribution is 2.25. The average Bonchev–Trinajstić information content (AvgIpc) is 3.05. The Morgan fingerprint density at radius 1 is 1.13 bits per heavy atom. The number of benzene rings is 1. The maximum atomic E-state index is 13.2. The van der Waals surface area contributed by atoms with E-state index in [2.05, 4.69) is 17.1 Å². The van der Waals surface area contributed by atoms with Gasteiger partial charge in [0.15, 0.2) is 5.89 Å². The first-order chi connectivity index (χ1) is 14.5. The molecule has 160 valence electrons. The van der Waals surface area contributed by atoms with Gasteiger partial charge in [-0.15, -0.1) is 0 Å². The van der Waals surface area contributed by atoms with E-state index in [-0.39, 0.29) is 23.8 Å². The highest BCUT2D eigenvalue weighted by Gasteiger charge is 2.33. The molecule has 7 heteroatoms. The van der Waals surface area contributed by atoms with E-state index in [9.17, 15) is 9.59 Å². The number of rotatable bonds is 4. The molecule has 0 unspecified atom stereocenters. The Morgan fingerprint density at radius 3 is 2.70 bits per heavy atom. The quantitative estimate of drug-likeness (QED) is 0.831. The molecule has 4 rings (SSSR count). The lowest BCUT2D eigenvalue weighted by molar-refractivity contribution is -0.138. The van der Waals surface area contributed by atoms with E-state index in [1.54, 1.807) is 11.8 Å². The fourth-order valence-corrected chi connectivity index (χ4v) is 4.38. The van der Waals surface area contributed by atoms with E-state index in [1.165, 1.54) is 5.56 Å². The smallest absolute Gasteiger partial charge is 0.227 e. The van der Waals surface area contributed by atoms with E-state index >= 15 is 0 Å². The SMILES string of the molecule is CC(=O)N1C[C@H](N)CC[C@H](C(=O)N2CCc3oc(CCc4ccccc4)nc3C2)C1. The Bertz CT molecular complexity index is 895. The van der Waals surface area contributed by atoms with Crippen LogP contribution in [0, 0.1) is 5.92 Å². The number of oxazole rings is 1. The Balaban J connectivity index is 1.39. The second-order valence-electron chi connectivity index (χ2n) is 8.43. The van der Waals surface area contributed by atoms with Gasteiger partial charge in [0.05, 0.1) is 12.5 Å². The number of carbonyl (C=O) groups is 2. The molecule has 2 aliphatic heterocycles. The minimum Gasteiger partial charge on any atom is -0.445 e. The summed E-state index contributed by atoms with van der Waals surface area (Å²) in [6, 6.07) is 10.2. The van der Waals surface area contributed by atoms with Crippen LogP contribution in [-0.2, 0) is 35.4 Å². The number of carbonyl (C=O) groups excluding carboxylic acids is 2. The number of hydrogen-bond acceptors (Lipinski definition) is 5. The molecule has 1 aromatic carbocycles. The zero-order valence-corrected chi connectivity index (χ0v) is 17.5. The van der Waals surface area contributed by atoms with Crippen LogP contribution in [0.1, 0.15) is 42.7 Å². The van der Waals surface area contributed by atoms with Crippen LogP contribution in [0.5, 0.6) is 0 Å². The molecule has 30 heavy (non-hydrogen) atoms. The minimum atomic E-state index is -0.201. The second-order valence-corrected chi connectivity index (χ2v) is 8.43. The van der Waals surface area contributed by atoms with Gasteiger partial charge in [0.25, 0.3) is 0 Å². The fourth-order valence-electron chi connectivity index (χ4n) is 4.38. The third-order valence-corrected chi connectivity index (χ3v) is 6.13. The summed E-state index contributed by atoms with van der Waals surface area (Å²) in [6.07, 6.45) is 3.79. The zero-order valence-electron chi connectivity index (χ0n) is 17.5. The van der Waals surface area contributed by atoms with Crippen molar-refractivity contribution in [1.82, 2.24) is 14.8 Å². The molecule has 2 aromatic rings. The summed E-state index contributed by atoms with van der Waals surface area (Å²) in [5, 5.41) is 0. The van der Waals surface area contributed by atoms with Crippen LogP contribution in [-0.4, -0.2) is 52.3 Å². The molecule has 0 radical (unpaired) electrons. The standard InChI is InChI=1S/C23H30N4O3/c1-16(28)27-13-18(8-9-19(24)14-27)23(29)26-12-11-21-20(15-26)25-22(30-21)10-7-17-5-3-2-4-6-17/h2-6,18-19H,7-15,24H2,1H3/t18-,19+/m0/s1. The van der Waals surface area contributed by atoms with E-state index < -0.39 is 0 Å². The summed E-state index contributed by atoms with van der Waals surface area (Å²) in [4.78, 5) is 33.3. The summed E-state index contributed by atoms with van der Waals surface area (Å²) in [5.41, 5.74) is 8.22. The molecular formula is C23H30N4O3. The van der Waals surface area contributed by atoms with Gasteiger partial charge in [0, 0.05) is 45.4 Å². The monoisotopic (exact) mass is 410 g/mol. The van der Waals surface area contributed by atoms with Gasteiger partial charge < -0.3 is 20.0 Å². The Labute approximate surface area is 177 Å². The lowest BCUT2D eigenvalue weighted by Gasteiger charge is -2.30. The summed E-state index contributed by atoms with van der Waals surface area (Å²) in [6.45, 7) is 3.62. The molecule has 0 bridgehead atoms. The van der Waals surface area contributed by atoms with Crippen molar-refractivity contribution in [3.63, 3.8) is 0 Å². The van der Waals surface area contributed by atoms with Crippen LogP contribution < -0.4 is 5.73 Å². The van der Waals surface area contributed by atoms with Gasteiger partial charge in [0.2, 0.25) is 11.8 Å². The summed E-state index contributed by atoms with van der Waals surface area (Å²) >= 11 is 0. The highest BCUT2D eigenvalue weighted by atomic mass is 16.4. The average molecular weight is 411 g/mol. The van der Waals surface area contributed by atoms with Crippen LogP contribution in [0.4, 0.5) is 0 Å². The molecule has 3 heterocycles. The van der Waals surface area contributed by atoms with Gasteiger partial charge in [-0.05, 0) is 24.8 Å². The molecule has 1 aromatic heterocycles. The first-order valence-corrected chi connectivity index (χ1v) is 10.8. The van der Waals surface area contributed by atoms with Crippen molar-refractivity contribution in [3.8, 4) is 0 Å². The lowest BCUT2D eigenvalue weighted by Crippen LogP contribution is -2.44. The molecule has 2 N–H and O–H groups in total. The van der Waals surface area contributed by atoms with Gasteiger partial charge >= 0.3 is 0 Å². The molecule has 2 atom stereocenters. The number of amides is 2. The maximum absolute atomic E-state index is 13.2. The van der Waals surface area contributed by atoms with Crippen molar-refractivity contribution in [1.29, 1.82) is 0 Å². The minimum absolute atomic E-state index is 0.0226. The number of nitrogens with two attached hydrogens (primary N) is 1. The van der Waals surface area contributed by atoms with Crippen LogP contribution in [0.25, 0.3) is 0 Å². The van der Waals surface area contributed by atoms with Crippen molar-refractivity contribution >= 4 is 11.8 Å². The zero-order chi connectivity index (χ0) is 21.1. The predicted octanol–water partition coefficient (Wildman–Crippen LogP) is 1.93. The molecule has 1 fully saturated rings. The van der Waals surface area contributed by atoms with E-state index in [0.717, 1.165) is 36.6 Å². The number of aryl methyl sites for hydroxylation is 2. The second kappa shape index (κ2) is 9.00.